The zero-order chi connectivity index (χ0) is 14.4. The van der Waals surface area contributed by atoms with Gasteiger partial charge in [0.2, 0.25) is 0 Å². The Hall–Kier alpha value is -1.80. The number of ether oxygens (including phenoxy) is 1. The van der Waals surface area contributed by atoms with E-state index < -0.39 is 35.3 Å². The first-order valence-electron chi connectivity index (χ1n) is 5.30. The van der Waals surface area contributed by atoms with E-state index in [0.29, 0.717) is 12.1 Å². The van der Waals surface area contributed by atoms with E-state index in [1.165, 1.54) is 7.11 Å². The minimum atomic E-state index is -1.23. The van der Waals surface area contributed by atoms with E-state index in [2.05, 4.69) is 10.1 Å². The van der Waals surface area contributed by atoms with Gasteiger partial charge in [0.1, 0.15) is 11.5 Å². The van der Waals surface area contributed by atoms with E-state index in [1.54, 1.807) is 0 Å². The number of urea groups is 1. The molecule has 1 rings (SSSR count). The molecule has 0 aliphatic rings. The molecule has 5 nitrogen and oxygen atoms in total. The minimum absolute atomic E-state index is 0.000446. The molecule has 0 radical (unpaired) electrons. The molecule has 1 aromatic rings. The zero-order valence-electron chi connectivity index (χ0n) is 10.0. The van der Waals surface area contributed by atoms with E-state index in [9.17, 15) is 23.1 Å². The Balaban J connectivity index is 2.58. The van der Waals surface area contributed by atoms with Crippen molar-refractivity contribution in [3.63, 3.8) is 0 Å². The number of aliphatic hydroxyl groups is 1. The normalized spacial score (nSPS) is 12.1. The highest BCUT2D eigenvalue weighted by Crippen LogP contribution is 2.19. The van der Waals surface area contributed by atoms with Crippen LogP contribution in [0.4, 0.5) is 23.7 Å². The van der Waals surface area contributed by atoms with Crippen LogP contribution in [0.5, 0.6) is 0 Å². The predicted molar refractivity (Wildman–Crippen MR) is 61.2 cm³/mol. The summed E-state index contributed by atoms with van der Waals surface area (Å²) in [4.78, 5) is 11.3. The number of amides is 2. The topological polar surface area (TPSA) is 70.6 Å². The van der Waals surface area contributed by atoms with Gasteiger partial charge >= 0.3 is 6.03 Å². The molecule has 0 spiro atoms. The lowest BCUT2D eigenvalue weighted by Crippen LogP contribution is -2.37. The fraction of sp³-hybridized carbons (Fsp3) is 0.364. The van der Waals surface area contributed by atoms with Crippen molar-refractivity contribution in [1.29, 1.82) is 0 Å². The van der Waals surface area contributed by atoms with Crippen molar-refractivity contribution in [1.82, 2.24) is 5.32 Å². The lowest BCUT2D eigenvalue weighted by Gasteiger charge is -2.12. The van der Waals surface area contributed by atoms with E-state index in [-0.39, 0.29) is 13.2 Å². The maximum Gasteiger partial charge on any atom is 0.319 e. The summed E-state index contributed by atoms with van der Waals surface area (Å²) in [6.45, 7) is -0.163. The van der Waals surface area contributed by atoms with Gasteiger partial charge in [-0.25, -0.2) is 18.0 Å². The molecule has 0 bridgehead atoms. The fourth-order valence-electron chi connectivity index (χ4n) is 1.28. The van der Waals surface area contributed by atoms with Gasteiger partial charge in [-0.05, 0) is 0 Å². The number of carbonyl (C=O) groups excluding carboxylic acids is 1. The van der Waals surface area contributed by atoms with Gasteiger partial charge < -0.3 is 20.5 Å². The van der Waals surface area contributed by atoms with Crippen LogP contribution in [0.3, 0.4) is 0 Å². The number of aliphatic hydroxyl groups excluding tert-OH is 1. The Morgan fingerprint density at radius 3 is 2.47 bits per heavy atom. The maximum absolute atomic E-state index is 13.2. The molecule has 2 amide bonds. The van der Waals surface area contributed by atoms with E-state index >= 15 is 0 Å². The van der Waals surface area contributed by atoms with Crippen LogP contribution in [0.15, 0.2) is 12.1 Å². The Bertz CT molecular complexity index is 434. The molecule has 1 unspecified atom stereocenters. The van der Waals surface area contributed by atoms with Gasteiger partial charge in [-0.1, -0.05) is 0 Å². The van der Waals surface area contributed by atoms with Crippen molar-refractivity contribution in [2.24, 2.45) is 0 Å². The highest BCUT2D eigenvalue weighted by atomic mass is 19.1. The van der Waals surface area contributed by atoms with Crippen LogP contribution in [-0.4, -0.2) is 37.5 Å². The third kappa shape index (κ3) is 4.76. The lowest BCUT2D eigenvalue weighted by molar-refractivity contribution is 0.0663. The van der Waals surface area contributed by atoms with Gasteiger partial charge in [0, 0.05) is 25.8 Å². The smallest absolute Gasteiger partial charge is 0.319 e. The number of hydrogen-bond acceptors (Lipinski definition) is 3. The molecule has 1 aromatic carbocycles. The molecule has 0 heterocycles. The van der Waals surface area contributed by atoms with Crippen LogP contribution in [0.25, 0.3) is 0 Å². The first kappa shape index (κ1) is 15.3. The third-order valence-electron chi connectivity index (χ3n) is 2.10. The number of carbonyl (C=O) groups is 1. The summed E-state index contributed by atoms with van der Waals surface area (Å²) in [5, 5.41) is 13.3. The maximum atomic E-state index is 13.2. The number of anilines is 1. The molecule has 106 valence electrons. The van der Waals surface area contributed by atoms with Crippen LogP contribution in [0, 0.1) is 17.5 Å². The molecule has 3 N–H and O–H groups in total. The fourth-order valence-corrected chi connectivity index (χ4v) is 1.28. The van der Waals surface area contributed by atoms with Crippen molar-refractivity contribution in [3.8, 4) is 0 Å². The highest BCUT2D eigenvalue weighted by molar-refractivity contribution is 5.89. The number of rotatable bonds is 5. The molecular formula is C11H13F3N2O3. The molecule has 0 fully saturated rings. The quantitative estimate of drug-likeness (QED) is 0.758. The third-order valence-corrected chi connectivity index (χ3v) is 2.10. The molecule has 19 heavy (non-hydrogen) atoms. The molecule has 0 saturated carbocycles. The van der Waals surface area contributed by atoms with Gasteiger partial charge in [0.25, 0.3) is 0 Å². The van der Waals surface area contributed by atoms with E-state index in [0.717, 1.165) is 0 Å². The second-order valence-electron chi connectivity index (χ2n) is 3.69. The van der Waals surface area contributed by atoms with Crippen LogP contribution >= 0.6 is 0 Å². The molecule has 0 saturated heterocycles. The second kappa shape index (κ2) is 6.95. The van der Waals surface area contributed by atoms with Crippen molar-refractivity contribution in [2.45, 2.75) is 6.10 Å². The number of halogens is 3. The summed E-state index contributed by atoms with van der Waals surface area (Å²) in [5.41, 5.74) is -0.764. The first-order valence-corrected chi connectivity index (χ1v) is 5.30. The van der Waals surface area contributed by atoms with Gasteiger partial charge in [-0.3, -0.25) is 0 Å². The summed E-state index contributed by atoms with van der Waals surface area (Å²) in [6.07, 6.45) is -0.946. The van der Waals surface area contributed by atoms with Crippen LogP contribution < -0.4 is 10.6 Å². The van der Waals surface area contributed by atoms with E-state index in [4.69, 9.17) is 0 Å². The second-order valence-corrected chi connectivity index (χ2v) is 3.69. The lowest BCUT2D eigenvalue weighted by atomic mass is 10.3. The average Bonchev–Trinajstić information content (AvgIpc) is 2.31. The summed E-state index contributed by atoms with van der Waals surface area (Å²) < 4.78 is 43.7. The summed E-state index contributed by atoms with van der Waals surface area (Å²) in [7, 11) is 1.37. The zero-order valence-corrected chi connectivity index (χ0v) is 10.0. The van der Waals surface area contributed by atoms with Crippen molar-refractivity contribution in [2.75, 3.05) is 25.6 Å². The molecular weight excluding hydrogens is 265 g/mol. The van der Waals surface area contributed by atoms with Gasteiger partial charge in [-0.15, -0.1) is 0 Å². The van der Waals surface area contributed by atoms with Crippen molar-refractivity contribution >= 4 is 11.7 Å². The van der Waals surface area contributed by atoms with Gasteiger partial charge in [0.05, 0.1) is 12.7 Å². The largest absolute Gasteiger partial charge is 0.389 e. The minimum Gasteiger partial charge on any atom is -0.389 e. The summed E-state index contributed by atoms with van der Waals surface area (Å²) >= 11 is 0. The van der Waals surface area contributed by atoms with Gasteiger partial charge in [0.15, 0.2) is 11.6 Å². The van der Waals surface area contributed by atoms with Crippen molar-refractivity contribution in [3.05, 3.63) is 29.6 Å². The number of benzene rings is 1. The van der Waals surface area contributed by atoms with E-state index in [1.807, 2.05) is 5.32 Å². The van der Waals surface area contributed by atoms with Crippen LogP contribution in [0.2, 0.25) is 0 Å². The number of methoxy groups -OCH3 is 1. The molecule has 0 aromatic heterocycles. The van der Waals surface area contributed by atoms with Crippen molar-refractivity contribution < 1.29 is 27.8 Å². The monoisotopic (exact) mass is 278 g/mol. The Morgan fingerprint density at radius 2 is 1.95 bits per heavy atom. The Morgan fingerprint density at radius 1 is 1.37 bits per heavy atom. The standard InChI is InChI=1S/C11H13F3N2O3/c1-19-5-7(17)4-15-11(18)16-10-8(13)2-6(12)3-9(10)14/h2-3,7,17H,4-5H2,1H3,(H2,15,16,18). The summed E-state index contributed by atoms with van der Waals surface area (Å²) in [6, 6.07) is -0.0451. The Kier molecular flexibility index (Phi) is 5.58. The molecule has 0 aliphatic heterocycles. The average molecular weight is 278 g/mol. The number of hydrogen-bond donors (Lipinski definition) is 3. The SMILES string of the molecule is COCC(O)CNC(=O)Nc1c(F)cc(F)cc1F. The molecule has 1 atom stereocenters. The van der Waals surface area contributed by atoms with Crippen LogP contribution in [-0.2, 0) is 4.74 Å². The Labute approximate surface area is 107 Å². The first-order chi connectivity index (χ1) is 8.93. The highest BCUT2D eigenvalue weighted by Gasteiger charge is 2.14. The summed E-state index contributed by atoms with van der Waals surface area (Å²) in [5.74, 6) is -3.55. The van der Waals surface area contributed by atoms with Crippen LogP contribution in [0.1, 0.15) is 0 Å². The molecule has 0 aliphatic carbocycles. The number of nitrogens with one attached hydrogen (secondary N) is 2. The molecule has 8 heteroatoms. The van der Waals surface area contributed by atoms with Gasteiger partial charge in [-0.2, -0.15) is 0 Å². The predicted octanol–water partition coefficient (Wildman–Crippen LogP) is 1.23.